The standard InChI is InChI=1S/C16H24N4S/c1-12(2)11-19-6-8-20(9-7-19)13-4-5-14-15(10-13)21-16(17-3)18-14/h4-5,10,12H,6-9,11H2,1-3H3,(H,17,18). The predicted octanol–water partition coefficient (Wildman–Crippen LogP) is 3.12. The third-order valence-corrected chi connectivity index (χ3v) is 4.98. The molecule has 0 atom stereocenters. The molecule has 2 heterocycles. The largest absolute Gasteiger partial charge is 0.369 e. The van der Waals surface area contributed by atoms with Gasteiger partial charge in [-0.1, -0.05) is 25.2 Å². The highest BCUT2D eigenvalue weighted by atomic mass is 32.1. The molecule has 0 aliphatic carbocycles. The van der Waals surface area contributed by atoms with Crippen molar-refractivity contribution in [2.24, 2.45) is 5.92 Å². The van der Waals surface area contributed by atoms with Gasteiger partial charge in [0.05, 0.1) is 10.2 Å². The van der Waals surface area contributed by atoms with Gasteiger partial charge in [-0.15, -0.1) is 0 Å². The molecule has 0 radical (unpaired) electrons. The number of nitrogens with one attached hydrogen (secondary N) is 1. The molecule has 1 aromatic carbocycles. The summed E-state index contributed by atoms with van der Waals surface area (Å²) in [4.78, 5) is 9.61. The summed E-state index contributed by atoms with van der Waals surface area (Å²) in [5.74, 6) is 0.755. The van der Waals surface area contributed by atoms with E-state index >= 15 is 0 Å². The van der Waals surface area contributed by atoms with Crippen molar-refractivity contribution >= 4 is 32.4 Å². The fourth-order valence-corrected chi connectivity index (χ4v) is 3.77. The quantitative estimate of drug-likeness (QED) is 0.940. The molecule has 1 N–H and O–H groups in total. The van der Waals surface area contributed by atoms with Gasteiger partial charge in [0, 0.05) is 45.5 Å². The molecule has 0 unspecified atom stereocenters. The fraction of sp³-hybridized carbons (Fsp3) is 0.562. The summed E-state index contributed by atoms with van der Waals surface area (Å²) < 4.78 is 1.27. The number of benzene rings is 1. The van der Waals surface area contributed by atoms with Crippen LogP contribution in [0.25, 0.3) is 10.2 Å². The van der Waals surface area contributed by atoms with E-state index in [1.165, 1.54) is 30.0 Å². The molecule has 0 saturated carbocycles. The summed E-state index contributed by atoms with van der Waals surface area (Å²) in [7, 11) is 1.92. The molecule has 0 amide bonds. The van der Waals surface area contributed by atoms with Gasteiger partial charge in [-0.05, 0) is 24.1 Å². The normalized spacial score (nSPS) is 16.9. The lowest BCUT2D eigenvalue weighted by Crippen LogP contribution is -2.47. The maximum absolute atomic E-state index is 4.54. The molecule has 0 bridgehead atoms. The fourth-order valence-electron chi connectivity index (χ4n) is 2.92. The van der Waals surface area contributed by atoms with E-state index in [1.54, 1.807) is 11.3 Å². The zero-order chi connectivity index (χ0) is 14.8. The first kappa shape index (κ1) is 14.6. The van der Waals surface area contributed by atoms with Crippen molar-refractivity contribution in [3.05, 3.63) is 18.2 Å². The smallest absolute Gasteiger partial charge is 0.183 e. The highest BCUT2D eigenvalue weighted by Crippen LogP contribution is 2.29. The minimum Gasteiger partial charge on any atom is -0.369 e. The van der Waals surface area contributed by atoms with Gasteiger partial charge in [0.25, 0.3) is 0 Å². The summed E-state index contributed by atoms with van der Waals surface area (Å²) in [6, 6.07) is 6.63. The molecule has 2 aromatic rings. The number of rotatable bonds is 4. The van der Waals surface area contributed by atoms with Crippen LogP contribution in [0.5, 0.6) is 0 Å². The lowest BCUT2D eigenvalue weighted by atomic mass is 10.2. The second-order valence-electron chi connectivity index (χ2n) is 6.10. The van der Waals surface area contributed by atoms with Crippen molar-refractivity contribution in [3.63, 3.8) is 0 Å². The maximum atomic E-state index is 4.54. The number of aromatic nitrogens is 1. The molecule has 1 aromatic heterocycles. The molecule has 0 spiro atoms. The van der Waals surface area contributed by atoms with Crippen LogP contribution in [0.2, 0.25) is 0 Å². The Kier molecular flexibility index (Phi) is 4.31. The second kappa shape index (κ2) is 6.20. The van der Waals surface area contributed by atoms with Crippen LogP contribution in [0.1, 0.15) is 13.8 Å². The summed E-state index contributed by atoms with van der Waals surface area (Å²) in [6.07, 6.45) is 0. The Labute approximate surface area is 130 Å². The van der Waals surface area contributed by atoms with Crippen LogP contribution in [0.3, 0.4) is 0 Å². The molecule has 3 rings (SSSR count). The average molecular weight is 304 g/mol. The lowest BCUT2D eigenvalue weighted by molar-refractivity contribution is 0.231. The molecular formula is C16H24N4S. The minimum absolute atomic E-state index is 0.755. The lowest BCUT2D eigenvalue weighted by Gasteiger charge is -2.36. The van der Waals surface area contributed by atoms with Crippen LogP contribution in [0, 0.1) is 5.92 Å². The molecule has 1 aliphatic rings. The van der Waals surface area contributed by atoms with E-state index in [0.717, 1.165) is 29.7 Å². The number of nitrogens with zero attached hydrogens (tertiary/aromatic N) is 3. The molecule has 21 heavy (non-hydrogen) atoms. The summed E-state index contributed by atoms with van der Waals surface area (Å²) in [5, 5.41) is 4.12. The molecule has 1 saturated heterocycles. The van der Waals surface area contributed by atoms with Crippen LogP contribution in [-0.2, 0) is 0 Å². The minimum atomic E-state index is 0.755. The van der Waals surface area contributed by atoms with Gasteiger partial charge in [0.15, 0.2) is 5.13 Å². The van der Waals surface area contributed by atoms with Crippen LogP contribution in [0.15, 0.2) is 18.2 Å². The van der Waals surface area contributed by atoms with Crippen LogP contribution in [-0.4, -0.2) is 49.7 Å². The number of piperazine rings is 1. The van der Waals surface area contributed by atoms with Gasteiger partial charge in [0.1, 0.15) is 0 Å². The Bertz CT molecular complexity index is 599. The highest BCUT2D eigenvalue weighted by Gasteiger charge is 2.18. The predicted molar refractivity (Wildman–Crippen MR) is 92.7 cm³/mol. The van der Waals surface area contributed by atoms with E-state index in [9.17, 15) is 0 Å². The topological polar surface area (TPSA) is 31.4 Å². The van der Waals surface area contributed by atoms with Crippen LogP contribution < -0.4 is 10.2 Å². The Morgan fingerprint density at radius 1 is 1.24 bits per heavy atom. The van der Waals surface area contributed by atoms with Crippen molar-refractivity contribution in [1.82, 2.24) is 9.88 Å². The van der Waals surface area contributed by atoms with E-state index in [2.05, 4.69) is 52.1 Å². The molecular weight excluding hydrogens is 280 g/mol. The summed E-state index contributed by atoms with van der Waals surface area (Å²) >= 11 is 1.73. The third kappa shape index (κ3) is 3.30. The Hall–Kier alpha value is -1.33. The van der Waals surface area contributed by atoms with Gasteiger partial charge in [-0.2, -0.15) is 0 Å². The Morgan fingerprint density at radius 3 is 2.67 bits per heavy atom. The molecule has 4 nitrogen and oxygen atoms in total. The zero-order valence-corrected chi connectivity index (χ0v) is 13.9. The van der Waals surface area contributed by atoms with Gasteiger partial charge in [-0.3, -0.25) is 4.90 Å². The van der Waals surface area contributed by atoms with Gasteiger partial charge in [-0.25, -0.2) is 4.98 Å². The summed E-state index contributed by atoms with van der Waals surface area (Å²) in [6.45, 7) is 10.4. The number of hydrogen-bond donors (Lipinski definition) is 1. The van der Waals surface area contributed by atoms with Crippen molar-refractivity contribution in [1.29, 1.82) is 0 Å². The number of fused-ring (bicyclic) bond motifs is 1. The number of thiazole rings is 1. The molecule has 1 fully saturated rings. The van der Waals surface area contributed by atoms with E-state index in [0.29, 0.717) is 0 Å². The SMILES string of the molecule is CNc1nc2ccc(N3CCN(CC(C)C)CC3)cc2s1. The maximum Gasteiger partial charge on any atom is 0.183 e. The Morgan fingerprint density at radius 2 is 2.00 bits per heavy atom. The molecule has 5 heteroatoms. The van der Waals surface area contributed by atoms with E-state index < -0.39 is 0 Å². The van der Waals surface area contributed by atoms with E-state index in [-0.39, 0.29) is 0 Å². The average Bonchev–Trinajstić information content (AvgIpc) is 2.89. The first-order chi connectivity index (χ1) is 10.2. The van der Waals surface area contributed by atoms with Crippen molar-refractivity contribution < 1.29 is 0 Å². The zero-order valence-electron chi connectivity index (χ0n) is 13.1. The van der Waals surface area contributed by atoms with E-state index in [1.807, 2.05) is 7.05 Å². The van der Waals surface area contributed by atoms with Crippen molar-refractivity contribution in [2.45, 2.75) is 13.8 Å². The summed E-state index contributed by atoms with van der Waals surface area (Å²) in [5.41, 5.74) is 2.42. The van der Waals surface area contributed by atoms with Crippen LogP contribution >= 0.6 is 11.3 Å². The second-order valence-corrected chi connectivity index (χ2v) is 7.13. The first-order valence-electron chi connectivity index (χ1n) is 7.71. The van der Waals surface area contributed by atoms with Gasteiger partial charge >= 0.3 is 0 Å². The van der Waals surface area contributed by atoms with Crippen molar-refractivity contribution in [3.8, 4) is 0 Å². The highest BCUT2D eigenvalue weighted by molar-refractivity contribution is 7.22. The first-order valence-corrected chi connectivity index (χ1v) is 8.53. The number of hydrogen-bond acceptors (Lipinski definition) is 5. The third-order valence-electron chi connectivity index (χ3n) is 3.95. The van der Waals surface area contributed by atoms with Gasteiger partial charge < -0.3 is 10.2 Å². The van der Waals surface area contributed by atoms with E-state index in [4.69, 9.17) is 0 Å². The van der Waals surface area contributed by atoms with Crippen molar-refractivity contribution in [2.75, 3.05) is 50.0 Å². The number of anilines is 2. The van der Waals surface area contributed by atoms with Gasteiger partial charge in [0.2, 0.25) is 0 Å². The van der Waals surface area contributed by atoms with Crippen LogP contribution in [0.4, 0.5) is 10.8 Å². The molecule has 114 valence electrons. The Balaban J connectivity index is 1.70. The molecule has 1 aliphatic heterocycles. The monoisotopic (exact) mass is 304 g/mol.